The molecule has 0 aromatic heterocycles. The Balaban J connectivity index is 1.89. The maximum atomic E-state index is 9.16. The van der Waals surface area contributed by atoms with Gasteiger partial charge in [-0.1, -0.05) is 6.42 Å². The topological polar surface area (TPSA) is 30.3 Å². The molecular weight excluding hydrogens is 210 g/mol. The lowest BCUT2D eigenvalue weighted by atomic mass is 10.0. The third-order valence-electron chi connectivity index (χ3n) is 4.38. The first-order chi connectivity index (χ1) is 8.02. The number of hydrogen-bond donors (Lipinski definition) is 0. The van der Waals surface area contributed by atoms with Crippen molar-refractivity contribution in [3.8, 4) is 6.07 Å². The second kappa shape index (κ2) is 4.96. The van der Waals surface area contributed by atoms with Gasteiger partial charge < -0.3 is 0 Å². The maximum absolute atomic E-state index is 9.16. The number of piperazine rings is 1. The van der Waals surface area contributed by atoms with Crippen LogP contribution >= 0.6 is 0 Å². The Morgan fingerprint density at radius 3 is 2.24 bits per heavy atom. The summed E-state index contributed by atoms with van der Waals surface area (Å²) < 4.78 is 0. The van der Waals surface area contributed by atoms with Crippen LogP contribution < -0.4 is 0 Å². The molecule has 1 aliphatic carbocycles. The zero-order valence-corrected chi connectivity index (χ0v) is 11.4. The second-order valence-corrected chi connectivity index (χ2v) is 6.43. The largest absolute Gasteiger partial charge is 0.297 e. The predicted molar refractivity (Wildman–Crippen MR) is 69.6 cm³/mol. The Bertz CT molecular complexity index is 292. The molecule has 2 rings (SSSR count). The molecule has 1 saturated carbocycles. The van der Waals surface area contributed by atoms with Gasteiger partial charge in [-0.15, -0.1) is 0 Å². The predicted octanol–water partition coefficient (Wildman–Crippen LogP) is 2.09. The van der Waals surface area contributed by atoms with Crippen LogP contribution in [-0.2, 0) is 0 Å². The Morgan fingerprint density at radius 2 is 1.71 bits per heavy atom. The molecule has 1 saturated heterocycles. The first kappa shape index (κ1) is 12.9. The van der Waals surface area contributed by atoms with Crippen molar-refractivity contribution in [3.63, 3.8) is 0 Å². The fourth-order valence-electron chi connectivity index (χ4n) is 3.25. The summed E-state index contributed by atoms with van der Waals surface area (Å²) in [5, 5.41) is 9.16. The highest BCUT2D eigenvalue weighted by atomic mass is 15.3. The lowest BCUT2D eigenvalue weighted by Gasteiger charge is -2.44. The van der Waals surface area contributed by atoms with Crippen LogP contribution in [0, 0.1) is 17.2 Å². The van der Waals surface area contributed by atoms with E-state index in [9.17, 15) is 0 Å². The Morgan fingerprint density at radius 1 is 1.06 bits per heavy atom. The molecule has 1 heterocycles. The van der Waals surface area contributed by atoms with Gasteiger partial charge in [-0.3, -0.25) is 9.80 Å². The van der Waals surface area contributed by atoms with E-state index in [1.807, 2.05) is 0 Å². The van der Waals surface area contributed by atoms with Gasteiger partial charge in [0.25, 0.3) is 0 Å². The summed E-state index contributed by atoms with van der Waals surface area (Å²) in [6, 6.07) is 3.04. The summed E-state index contributed by atoms with van der Waals surface area (Å²) in [6.45, 7) is 11.4. The fraction of sp³-hybridized carbons (Fsp3) is 0.929. The van der Waals surface area contributed by atoms with Gasteiger partial charge in [-0.2, -0.15) is 5.26 Å². The summed E-state index contributed by atoms with van der Waals surface area (Å²) in [4.78, 5) is 5.11. The SMILES string of the molecule is CC(C)(C)N1CCN(C2CCCC2C#N)CC1. The van der Waals surface area contributed by atoms with Crippen molar-refractivity contribution < 1.29 is 0 Å². The van der Waals surface area contributed by atoms with Crippen LogP contribution in [0.15, 0.2) is 0 Å². The molecule has 0 aromatic rings. The smallest absolute Gasteiger partial charge is 0.0672 e. The van der Waals surface area contributed by atoms with Crippen molar-refractivity contribution in [2.45, 2.75) is 51.6 Å². The lowest BCUT2D eigenvalue weighted by Crippen LogP contribution is -2.56. The summed E-state index contributed by atoms with van der Waals surface area (Å²) in [6.07, 6.45) is 3.58. The summed E-state index contributed by atoms with van der Waals surface area (Å²) >= 11 is 0. The minimum atomic E-state index is 0.288. The van der Waals surface area contributed by atoms with Gasteiger partial charge in [0, 0.05) is 37.8 Å². The molecule has 96 valence electrons. The number of rotatable bonds is 1. The van der Waals surface area contributed by atoms with E-state index in [1.54, 1.807) is 0 Å². The molecule has 1 aliphatic heterocycles. The highest BCUT2D eigenvalue weighted by molar-refractivity contribution is 4.98. The highest BCUT2D eigenvalue weighted by Gasteiger charge is 2.35. The monoisotopic (exact) mass is 235 g/mol. The first-order valence-electron chi connectivity index (χ1n) is 6.91. The molecule has 17 heavy (non-hydrogen) atoms. The van der Waals surface area contributed by atoms with Crippen LogP contribution in [0.2, 0.25) is 0 Å². The molecule has 2 unspecified atom stereocenters. The number of nitriles is 1. The lowest BCUT2D eigenvalue weighted by molar-refractivity contribution is 0.0379. The normalized spacial score (nSPS) is 32.6. The van der Waals surface area contributed by atoms with E-state index >= 15 is 0 Å². The summed E-state index contributed by atoms with van der Waals surface area (Å²) in [5.74, 6) is 0.288. The van der Waals surface area contributed by atoms with E-state index in [2.05, 4.69) is 36.6 Å². The van der Waals surface area contributed by atoms with Gasteiger partial charge in [0.15, 0.2) is 0 Å². The third-order valence-corrected chi connectivity index (χ3v) is 4.38. The molecule has 2 fully saturated rings. The molecule has 0 aromatic carbocycles. The Kier molecular flexibility index (Phi) is 3.75. The van der Waals surface area contributed by atoms with Gasteiger partial charge in [0.05, 0.1) is 12.0 Å². The van der Waals surface area contributed by atoms with Crippen LogP contribution in [0.25, 0.3) is 0 Å². The zero-order valence-electron chi connectivity index (χ0n) is 11.4. The Hall–Kier alpha value is -0.590. The second-order valence-electron chi connectivity index (χ2n) is 6.43. The van der Waals surface area contributed by atoms with Gasteiger partial charge in [0.2, 0.25) is 0 Å². The third kappa shape index (κ3) is 2.81. The van der Waals surface area contributed by atoms with E-state index in [0.29, 0.717) is 6.04 Å². The van der Waals surface area contributed by atoms with Crippen LogP contribution in [0.3, 0.4) is 0 Å². The molecule has 3 nitrogen and oxygen atoms in total. The zero-order chi connectivity index (χ0) is 12.5. The molecule has 3 heteroatoms. The van der Waals surface area contributed by atoms with Gasteiger partial charge in [0.1, 0.15) is 0 Å². The molecule has 0 N–H and O–H groups in total. The summed E-state index contributed by atoms with van der Waals surface area (Å²) in [7, 11) is 0. The van der Waals surface area contributed by atoms with Crippen LogP contribution in [0.4, 0.5) is 0 Å². The minimum absolute atomic E-state index is 0.288. The van der Waals surface area contributed by atoms with Crippen LogP contribution in [-0.4, -0.2) is 47.6 Å². The fourth-order valence-corrected chi connectivity index (χ4v) is 3.25. The average molecular weight is 235 g/mol. The molecule has 0 amide bonds. The maximum Gasteiger partial charge on any atom is 0.0672 e. The molecule has 0 spiro atoms. The van der Waals surface area contributed by atoms with E-state index in [4.69, 9.17) is 5.26 Å². The van der Waals surface area contributed by atoms with Crippen molar-refractivity contribution in [1.29, 1.82) is 5.26 Å². The number of nitrogens with zero attached hydrogens (tertiary/aromatic N) is 3. The van der Waals surface area contributed by atoms with Gasteiger partial charge in [-0.25, -0.2) is 0 Å². The quantitative estimate of drug-likeness (QED) is 0.697. The van der Waals surface area contributed by atoms with E-state index < -0.39 is 0 Å². The standard InChI is InChI=1S/C14H25N3/c1-14(2,3)17-9-7-16(8-10-17)13-6-4-5-12(13)11-15/h12-13H,4-10H2,1-3H3. The molecule has 2 aliphatic rings. The highest BCUT2D eigenvalue weighted by Crippen LogP contribution is 2.30. The molecule has 0 bridgehead atoms. The van der Waals surface area contributed by atoms with Gasteiger partial charge in [-0.05, 0) is 33.6 Å². The van der Waals surface area contributed by atoms with Crippen molar-refractivity contribution in [3.05, 3.63) is 0 Å². The van der Waals surface area contributed by atoms with E-state index in [1.165, 1.54) is 12.8 Å². The van der Waals surface area contributed by atoms with Crippen molar-refractivity contribution >= 4 is 0 Å². The van der Waals surface area contributed by atoms with Crippen LogP contribution in [0.5, 0.6) is 0 Å². The van der Waals surface area contributed by atoms with Crippen molar-refractivity contribution in [2.75, 3.05) is 26.2 Å². The van der Waals surface area contributed by atoms with Crippen molar-refractivity contribution in [2.24, 2.45) is 5.92 Å². The Labute approximate surface area is 105 Å². The van der Waals surface area contributed by atoms with Crippen LogP contribution in [0.1, 0.15) is 40.0 Å². The van der Waals surface area contributed by atoms with E-state index in [-0.39, 0.29) is 11.5 Å². The minimum Gasteiger partial charge on any atom is -0.297 e. The molecular formula is C14H25N3. The molecule has 2 atom stereocenters. The average Bonchev–Trinajstić information content (AvgIpc) is 2.76. The first-order valence-corrected chi connectivity index (χ1v) is 6.91. The molecule has 0 radical (unpaired) electrons. The van der Waals surface area contributed by atoms with Crippen molar-refractivity contribution in [1.82, 2.24) is 9.80 Å². The summed E-state index contributed by atoms with van der Waals surface area (Å²) in [5.41, 5.74) is 0.288. The van der Waals surface area contributed by atoms with E-state index in [0.717, 1.165) is 32.6 Å². The van der Waals surface area contributed by atoms with Gasteiger partial charge >= 0.3 is 0 Å². The number of hydrogen-bond acceptors (Lipinski definition) is 3.